The van der Waals surface area contributed by atoms with Gasteiger partial charge in [-0.05, 0) is 24.5 Å². The third-order valence-electron chi connectivity index (χ3n) is 1.87. The van der Waals surface area contributed by atoms with Crippen LogP contribution in [-0.4, -0.2) is 11.4 Å². The number of hydrogen-bond acceptors (Lipinski definition) is 2. The van der Waals surface area contributed by atoms with Crippen molar-refractivity contribution in [3.8, 4) is 0 Å². The lowest BCUT2D eigenvalue weighted by Gasteiger charge is -2.12. The standard InChI is InChI=1S/C6H11O2/c1-2-4-3-5(4)6(7)8/h4-7H,2-3H2,1H3/q-1. The van der Waals surface area contributed by atoms with Crippen molar-refractivity contribution in [2.24, 2.45) is 11.8 Å². The molecular formula is C6H11O2-. The Balaban J connectivity index is 2.16. The van der Waals surface area contributed by atoms with E-state index in [1.54, 1.807) is 0 Å². The number of rotatable bonds is 2. The maximum Gasteiger partial charge on any atom is -0.0193 e. The van der Waals surface area contributed by atoms with Gasteiger partial charge in [0.15, 0.2) is 0 Å². The lowest BCUT2D eigenvalue weighted by atomic mass is 10.2. The van der Waals surface area contributed by atoms with E-state index in [2.05, 4.69) is 0 Å². The highest BCUT2D eigenvalue weighted by molar-refractivity contribution is 4.85. The molecule has 48 valence electrons. The van der Waals surface area contributed by atoms with Gasteiger partial charge in [-0.3, -0.25) is 0 Å². The Morgan fingerprint density at radius 1 is 1.88 bits per heavy atom. The molecule has 0 aromatic heterocycles. The summed E-state index contributed by atoms with van der Waals surface area (Å²) in [6, 6.07) is 0. The molecule has 0 aromatic rings. The minimum absolute atomic E-state index is 0.0833. The summed E-state index contributed by atoms with van der Waals surface area (Å²) >= 11 is 0. The SMILES string of the molecule is CCC1CC1C([O-])O. The average molecular weight is 115 g/mol. The minimum atomic E-state index is -1.31. The zero-order valence-electron chi connectivity index (χ0n) is 5.00. The molecule has 3 unspecified atom stereocenters. The molecule has 0 aromatic carbocycles. The van der Waals surface area contributed by atoms with E-state index in [-0.39, 0.29) is 5.92 Å². The molecule has 2 heteroatoms. The monoisotopic (exact) mass is 115 g/mol. The van der Waals surface area contributed by atoms with Crippen LogP contribution in [0.15, 0.2) is 0 Å². The Morgan fingerprint density at radius 2 is 2.50 bits per heavy atom. The summed E-state index contributed by atoms with van der Waals surface area (Å²) in [5.41, 5.74) is 0. The van der Waals surface area contributed by atoms with Gasteiger partial charge in [0.05, 0.1) is 0 Å². The van der Waals surface area contributed by atoms with E-state index >= 15 is 0 Å². The second-order valence-corrected chi connectivity index (χ2v) is 2.46. The highest BCUT2D eigenvalue weighted by Crippen LogP contribution is 2.41. The van der Waals surface area contributed by atoms with Crippen molar-refractivity contribution in [2.45, 2.75) is 26.1 Å². The molecule has 1 rings (SSSR count). The third kappa shape index (κ3) is 1.01. The molecule has 1 N–H and O–H groups in total. The van der Waals surface area contributed by atoms with Gasteiger partial charge in [0.25, 0.3) is 0 Å². The molecule has 3 atom stereocenters. The molecule has 0 saturated heterocycles. The summed E-state index contributed by atoms with van der Waals surface area (Å²) in [6.07, 6.45) is 0.686. The van der Waals surface area contributed by atoms with E-state index in [1.807, 2.05) is 6.92 Å². The maximum atomic E-state index is 10.2. The van der Waals surface area contributed by atoms with Crippen LogP contribution in [-0.2, 0) is 0 Å². The molecule has 0 amide bonds. The normalized spacial score (nSPS) is 39.4. The highest BCUT2D eigenvalue weighted by atomic mass is 16.5. The molecule has 0 heterocycles. The lowest BCUT2D eigenvalue weighted by Crippen LogP contribution is -2.26. The van der Waals surface area contributed by atoms with E-state index in [9.17, 15) is 5.11 Å². The summed E-state index contributed by atoms with van der Waals surface area (Å²) < 4.78 is 0. The summed E-state index contributed by atoms with van der Waals surface area (Å²) in [6.45, 7) is 2.05. The van der Waals surface area contributed by atoms with Crippen molar-refractivity contribution in [3.05, 3.63) is 0 Å². The Labute approximate surface area is 49.1 Å². The van der Waals surface area contributed by atoms with E-state index in [4.69, 9.17) is 5.11 Å². The van der Waals surface area contributed by atoms with Crippen molar-refractivity contribution < 1.29 is 10.2 Å². The second kappa shape index (κ2) is 2.03. The molecule has 1 saturated carbocycles. The van der Waals surface area contributed by atoms with Gasteiger partial charge < -0.3 is 10.2 Å². The summed E-state index contributed by atoms with van der Waals surface area (Å²) in [5, 5.41) is 18.7. The average Bonchev–Trinajstić information content (AvgIpc) is 2.42. The Bertz CT molecular complexity index is 80.6. The topological polar surface area (TPSA) is 43.3 Å². The Kier molecular flexibility index (Phi) is 1.54. The molecule has 8 heavy (non-hydrogen) atoms. The van der Waals surface area contributed by atoms with E-state index in [0.717, 1.165) is 12.8 Å². The maximum absolute atomic E-state index is 10.2. The molecule has 1 fully saturated rings. The lowest BCUT2D eigenvalue weighted by molar-refractivity contribution is -0.489. The van der Waals surface area contributed by atoms with Gasteiger partial charge in [-0.1, -0.05) is 13.3 Å². The Hall–Kier alpha value is -0.0800. The van der Waals surface area contributed by atoms with Crippen LogP contribution in [0, 0.1) is 11.8 Å². The Morgan fingerprint density at radius 3 is 2.62 bits per heavy atom. The van der Waals surface area contributed by atoms with Crippen molar-refractivity contribution in [1.29, 1.82) is 0 Å². The first-order chi connectivity index (χ1) is 3.75. The fourth-order valence-corrected chi connectivity index (χ4v) is 1.09. The zero-order chi connectivity index (χ0) is 6.15. The van der Waals surface area contributed by atoms with Crippen LogP contribution in [0.4, 0.5) is 0 Å². The van der Waals surface area contributed by atoms with Crippen molar-refractivity contribution >= 4 is 0 Å². The first-order valence-electron chi connectivity index (χ1n) is 3.09. The quantitative estimate of drug-likeness (QED) is 0.502. The summed E-state index contributed by atoms with van der Waals surface area (Å²) in [7, 11) is 0. The predicted molar refractivity (Wildman–Crippen MR) is 27.9 cm³/mol. The molecule has 2 nitrogen and oxygen atoms in total. The number of aliphatic hydroxyl groups is 1. The first-order valence-corrected chi connectivity index (χ1v) is 3.09. The minimum Gasteiger partial charge on any atom is -0.831 e. The van der Waals surface area contributed by atoms with E-state index in [0.29, 0.717) is 5.92 Å². The van der Waals surface area contributed by atoms with Gasteiger partial charge in [-0.25, -0.2) is 0 Å². The third-order valence-corrected chi connectivity index (χ3v) is 1.87. The van der Waals surface area contributed by atoms with Crippen molar-refractivity contribution in [1.82, 2.24) is 0 Å². The van der Waals surface area contributed by atoms with Gasteiger partial charge in [0.2, 0.25) is 0 Å². The predicted octanol–water partition coefficient (Wildman–Crippen LogP) is -0.289. The molecular weight excluding hydrogens is 104 g/mol. The summed E-state index contributed by atoms with van der Waals surface area (Å²) in [4.78, 5) is 0. The fourth-order valence-electron chi connectivity index (χ4n) is 1.09. The molecule has 0 aliphatic heterocycles. The van der Waals surface area contributed by atoms with Gasteiger partial charge in [-0.2, -0.15) is 0 Å². The first kappa shape index (κ1) is 6.05. The van der Waals surface area contributed by atoms with E-state index < -0.39 is 6.29 Å². The van der Waals surface area contributed by atoms with Gasteiger partial charge in [-0.15, -0.1) is 0 Å². The molecule has 0 bridgehead atoms. The van der Waals surface area contributed by atoms with Gasteiger partial charge in [0.1, 0.15) is 0 Å². The number of hydrogen-bond donors (Lipinski definition) is 1. The second-order valence-electron chi connectivity index (χ2n) is 2.46. The molecule has 1 aliphatic rings. The summed E-state index contributed by atoms with van der Waals surface area (Å²) in [5.74, 6) is 0.613. The van der Waals surface area contributed by atoms with Crippen LogP contribution >= 0.6 is 0 Å². The van der Waals surface area contributed by atoms with Crippen molar-refractivity contribution in [2.75, 3.05) is 0 Å². The molecule has 1 aliphatic carbocycles. The van der Waals surface area contributed by atoms with Crippen LogP contribution in [0.3, 0.4) is 0 Å². The molecule has 0 radical (unpaired) electrons. The molecule has 0 spiro atoms. The zero-order valence-corrected chi connectivity index (χ0v) is 5.00. The van der Waals surface area contributed by atoms with E-state index in [1.165, 1.54) is 0 Å². The van der Waals surface area contributed by atoms with Crippen LogP contribution in [0.2, 0.25) is 0 Å². The van der Waals surface area contributed by atoms with Gasteiger partial charge in [0, 0.05) is 0 Å². The van der Waals surface area contributed by atoms with Gasteiger partial charge >= 0.3 is 0 Å². The fraction of sp³-hybridized carbons (Fsp3) is 1.00. The van der Waals surface area contributed by atoms with Crippen LogP contribution in [0.1, 0.15) is 19.8 Å². The smallest absolute Gasteiger partial charge is 0.0193 e. The van der Waals surface area contributed by atoms with Crippen LogP contribution in [0.5, 0.6) is 0 Å². The van der Waals surface area contributed by atoms with Crippen LogP contribution < -0.4 is 5.11 Å². The highest BCUT2D eigenvalue weighted by Gasteiger charge is 2.35. The van der Waals surface area contributed by atoms with Crippen LogP contribution in [0.25, 0.3) is 0 Å². The largest absolute Gasteiger partial charge is 0.831 e. The number of aliphatic hydroxyl groups excluding tert-OH is 1. The van der Waals surface area contributed by atoms with Crippen molar-refractivity contribution in [3.63, 3.8) is 0 Å².